The lowest BCUT2D eigenvalue weighted by atomic mass is 10.4. The number of nitrogens with zero attached hydrogens (tertiary/aromatic N) is 2. The topological polar surface area (TPSA) is 199 Å². The molecular formula is C9H10N8O3. The number of imidazole rings is 2. The molecule has 0 unspecified atom stereocenters. The van der Waals surface area contributed by atoms with E-state index in [2.05, 4.69) is 25.3 Å². The second kappa shape index (κ2) is 4.72. The third-order valence-corrected chi connectivity index (χ3v) is 2.35. The van der Waals surface area contributed by atoms with Crippen LogP contribution < -0.4 is 22.5 Å². The fourth-order valence-corrected chi connectivity index (χ4v) is 1.51. The van der Waals surface area contributed by atoms with Gasteiger partial charge in [0.25, 0.3) is 11.8 Å². The van der Waals surface area contributed by atoms with E-state index in [0.29, 0.717) is 6.41 Å². The summed E-state index contributed by atoms with van der Waals surface area (Å²) in [4.78, 5) is 45.5. The Bertz CT molecular complexity index is 700. The van der Waals surface area contributed by atoms with Crippen molar-refractivity contribution in [1.82, 2.24) is 19.9 Å². The Kier molecular flexibility index (Phi) is 3.08. The third-order valence-electron chi connectivity index (χ3n) is 2.35. The Morgan fingerprint density at radius 2 is 1.60 bits per heavy atom. The van der Waals surface area contributed by atoms with Gasteiger partial charge in [0.15, 0.2) is 23.3 Å². The zero-order chi connectivity index (χ0) is 14.9. The highest BCUT2D eigenvalue weighted by atomic mass is 16.2. The summed E-state index contributed by atoms with van der Waals surface area (Å²) in [7, 11) is 0. The molecule has 2 rings (SSSR count). The minimum Gasteiger partial charge on any atom is -0.382 e. The van der Waals surface area contributed by atoms with Gasteiger partial charge in [0, 0.05) is 0 Å². The van der Waals surface area contributed by atoms with Crippen LogP contribution in [0.3, 0.4) is 0 Å². The minimum absolute atomic E-state index is 0.0577. The maximum atomic E-state index is 11.2. The van der Waals surface area contributed by atoms with Crippen molar-refractivity contribution in [3.8, 4) is 11.6 Å². The van der Waals surface area contributed by atoms with E-state index < -0.39 is 11.8 Å². The van der Waals surface area contributed by atoms with Gasteiger partial charge in [-0.3, -0.25) is 14.4 Å². The van der Waals surface area contributed by atoms with Gasteiger partial charge >= 0.3 is 0 Å². The molecule has 11 nitrogen and oxygen atoms in total. The molecule has 11 heteroatoms. The number of H-pyrrole nitrogens is 2. The maximum Gasteiger partial charge on any atom is 0.269 e. The van der Waals surface area contributed by atoms with Crippen molar-refractivity contribution in [2.45, 2.75) is 0 Å². The number of amides is 3. The summed E-state index contributed by atoms with van der Waals surface area (Å²) < 4.78 is 0. The summed E-state index contributed by atoms with van der Waals surface area (Å²) in [6.45, 7) is 0. The Morgan fingerprint density at radius 3 is 2.10 bits per heavy atom. The van der Waals surface area contributed by atoms with Gasteiger partial charge < -0.3 is 32.5 Å². The van der Waals surface area contributed by atoms with Gasteiger partial charge in [0.2, 0.25) is 6.41 Å². The highest BCUT2D eigenvalue weighted by Crippen LogP contribution is 2.20. The molecule has 2 heterocycles. The number of carbonyl (C=O) groups is 3. The van der Waals surface area contributed by atoms with Crippen LogP contribution in [0.2, 0.25) is 0 Å². The van der Waals surface area contributed by atoms with Crippen LogP contribution >= 0.6 is 0 Å². The molecule has 0 radical (unpaired) electrons. The lowest BCUT2D eigenvalue weighted by molar-refractivity contribution is -0.105. The lowest BCUT2D eigenvalue weighted by Gasteiger charge is -1.93. The largest absolute Gasteiger partial charge is 0.382 e. The van der Waals surface area contributed by atoms with Gasteiger partial charge in [0.05, 0.1) is 0 Å². The van der Waals surface area contributed by atoms with Crippen molar-refractivity contribution in [3.05, 3.63) is 11.4 Å². The van der Waals surface area contributed by atoms with E-state index in [4.69, 9.17) is 17.2 Å². The predicted octanol–water partition coefficient (Wildman–Crippen LogP) is -1.85. The summed E-state index contributed by atoms with van der Waals surface area (Å²) in [5, 5.41) is 2.20. The lowest BCUT2D eigenvalue weighted by Crippen LogP contribution is -2.14. The molecule has 0 atom stereocenters. The molecule has 0 aliphatic carbocycles. The van der Waals surface area contributed by atoms with Crippen molar-refractivity contribution in [2.24, 2.45) is 11.5 Å². The molecule has 2 aromatic heterocycles. The molecule has 2 aromatic rings. The number of rotatable bonds is 5. The smallest absolute Gasteiger partial charge is 0.269 e. The number of anilines is 2. The fourth-order valence-electron chi connectivity index (χ4n) is 1.51. The quantitative estimate of drug-likeness (QED) is 0.346. The van der Waals surface area contributed by atoms with Crippen molar-refractivity contribution in [2.75, 3.05) is 11.1 Å². The first kappa shape index (κ1) is 13.1. The minimum atomic E-state index is -0.831. The van der Waals surface area contributed by atoms with Crippen molar-refractivity contribution in [1.29, 1.82) is 0 Å². The van der Waals surface area contributed by atoms with Gasteiger partial charge in [-0.15, -0.1) is 0 Å². The monoisotopic (exact) mass is 278 g/mol. The molecule has 0 aliphatic heterocycles. The number of primary amides is 2. The number of aromatic nitrogens is 4. The summed E-state index contributed by atoms with van der Waals surface area (Å²) in [5.41, 5.74) is 15.5. The number of hydrogen-bond acceptors (Lipinski definition) is 6. The molecule has 0 fully saturated rings. The zero-order valence-corrected chi connectivity index (χ0v) is 9.93. The second-order valence-electron chi connectivity index (χ2n) is 3.65. The number of aromatic amines is 2. The van der Waals surface area contributed by atoms with Crippen LogP contribution in [-0.4, -0.2) is 38.2 Å². The van der Waals surface area contributed by atoms with Crippen molar-refractivity contribution < 1.29 is 14.4 Å². The zero-order valence-electron chi connectivity index (χ0n) is 9.93. The third kappa shape index (κ3) is 2.14. The van der Waals surface area contributed by atoms with E-state index in [-0.39, 0.29) is 34.7 Å². The molecule has 20 heavy (non-hydrogen) atoms. The summed E-state index contributed by atoms with van der Waals surface area (Å²) in [6.07, 6.45) is 0.331. The van der Waals surface area contributed by atoms with Gasteiger partial charge in [0.1, 0.15) is 11.4 Å². The Balaban J connectivity index is 2.50. The summed E-state index contributed by atoms with van der Waals surface area (Å²) in [5.74, 6) is -1.69. The van der Waals surface area contributed by atoms with E-state index >= 15 is 0 Å². The first-order valence-corrected chi connectivity index (χ1v) is 5.19. The first-order chi connectivity index (χ1) is 9.43. The molecule has 0 saturated carbocycles. The van der Waals surface area contributed by atoms with E-state index in [1.165, 1.54) is 0 Å². The molecule has 3 amide bonds. The van der Waals surface area contributed by atoms with Crippen LogP contribution in [0, 0.1) is 0 Å². The van der Waals surface area contributed by atoms with E-state index in [0.717, 1.165) is 0 Å². The van der Waals surface area contributed by atoms with E-state index in [1.807, 2.05) is 0 Å². The fraction of sp³-hybridized carbons (Fsp3) is 0. The maximum absolute atomic E-state index is 11.2. The number of nitrogens with two attached hydrogens (primary N) is 3. The molecule has 0 aliphatic rings. The first-order valence-electron chi connectivity index (χ1n) is 5.19. The van der Waals surface area contributed by atoms with Crippen molar-refractivity contribution >= 4 is 29.9 Å². The van der Waals surface area contributed by atoms with Gasteiger partial charge in [-0.2, -0.15) is 0 Å². The van der Waals surface area contributed by atoms with Crippen LogP contribution in [0.1, 0.15) is 21.0 Å². The van der Waals surface area contributed by atoms with E-state index in [9.17, 15) is 14.4 Å². The number of hydrogen-bond donors (Lipinski definition) is 6. The molecule has 9 N–H and O–H groups in total. The van der Waals surface area contributed by atoms with Gasteiger partial charge in [-0.25, -0.2) is 9.97 Å². The summed E-state index contributed by atoms with van der Waals surface area (Å²) >= 11 is 0. The number of carbonyl (C=O) groups excluding carboxylic acids is 3. The Labute approximate surface area is 110 Å². The highest BCUT2D eigenvalue weighted by molar-refractivity contribution is 5.98. The Hall–Kier alpha value is -3.37. The standard InChI is InChI=1S/C9H10N8O3/c10-4-2(5(11)19)14-8(16-4)9-15-3(6(12)20)7(17-9)13-1-18/h1H,10H2,(H2,11,19)(H2,12,20)(H,13,18)(H,14,16)(H,15,17). The molecule has 0 spiro atoms. The van der Waals surface area contributed by atoms with E-state index in [1.54, 1.807) is 0 Å². The Morgan fingerprint density at radius 1 is 1.05 bits per heavy atom. The molecule has 0 aromatic carbocycles. The normalized spacial score (nSPS) is 10.2. The molecular weight excluding hydrogens is 268 g/mol. The van der Waals surface area contributed by atoms with Gasteiger partial charge in [-0.1, -0.05) is 0 Å². The molecule has 0 bridgehead atoms. The van der Waals surface area contributed by atoms with Crippen LogP contribution in [-0.2, 0) is 4.79 Å². The molecule has 0 saturated heterocycles. The second-order valence-corrected chi connectivity index (χ2v) is 3.65. The van der Waals surface area contributed by atoms with Crippen LogP contribution in [0.5, 0.6) is 0 Å². The van der Waals surface area contributed by atoms with Crippen molar-refractivity contribution in [3.63, 3.8) is 0 Å². The highest BCUT2D eigenvalue weighted by Gasteiger charge is 2.20. The number of nitrogen functional groups attached to an aromatic ring is 1. The van der Waals surface area contributed by atoms with Crippen LogP contribution in [0.15, 0.2) is 0 Å². The predicted molar refractivity (Wildman–Crippen MR) is 67.3 cm³/mol. The average molecular weight is 278 g/mol. The van der Waals surface area contributed by atoms with Crippen LogP contribution in [0.4, 0.5) is 11.6 Å². The number of nitrogens with one attached hydrogen (secondary N) is 3. The summed E-state index contributed by atoms with van der Waals surface area (Å²) in [6, 6.07) is 0. The molecule has 104 valence electrons. The average Bonchev–Trinajstić information content (AvgIpc) is 2.93. The SMILES string of the molecule is NC(=O)c1[nH]c(-c2nc(NC=O)c(C(N)=O)[nH]2)nc1N. The van der Waals surface area contributed by atoms with Gasteiger partial charge in [-0.05, 0) is 0 Å². The van der Waals surface area contributed by atoms with Crippen LogP contribution in [0.25, 0.3) is 11.6 Å².